The third kappa shape index (κ3) is 4.18. The van der Waals surface area contributed by atoms with Crippen LogP contribution in [0.5, 0.6) is 0 Å². The highest BCUT2D eigenvalue weighted by Crippen LogP contribution is 2.37. The summed E-state index contributed by atoms with van der Waals surface area (Å²) in [4.78, 5) is 19.7. The van der Waals surface area contributed by atoms with Crippen LogP contribution in [0.4, 0.5) is 0 Å². The summed E-state index contributed by atoms with van der Waals surface area (Å²) in [7, 11) is 0. The third-order valence-electron chi connectivity index (χ3n) is 7.71. The van der Waals surface area contributed by atoms with Gasteiger partial charge in [-0.1, -0.05) is 140 Å². The number of para-hydroxylation sites is 1. The van der Waals surface area contributed by atoms with Crippen molar-refractivity contribution in [1.29, 1.82) is 0 Å². The first kappa shape index (κ1) is 24.1. The van der Waals surface area contributed by atoms with Gasteiger partial charge in [-0.05, 0) is 16.8 Å². The molecule has 42 heavy (non-hydrogen) atoms. The lowest BCUT2D eigenvalue weighted by molar-refractivity contribution is 1.07. The Morgan fingerprint density at radius 1 is 0.310 bits per heavy atom. The van der Waals surface area contributed by atoms with Crippen LogP contribution in [0.1, 0.15) is 0 Å². The van der Waals surface area contributed by atoms with Crippen molar-refractivity contribution in [3.63, 3.8) is 0 Å². The number of hydrogen-bond donors (Lipinski definition) is 0. The first-order valence-electron chi connectivity index (χ1n) is 14.0. The second-order valence-corrected chi connectivity index (χ2v) is 10.3. The fourth-order valence-corrected chi connectivity index (χ4v) is 5.66. The zero-order chi connectivity index (χ0) is 27.9. The summed E-state index contributed by atoms with van der Waals surface area (Å²) in [5.74, 6) is 1.94. The Morgan fingerprint density at radius 3 is 1.45 bits per heavy atom. The van der Waals surface area contributed by atoms with Crippen molar-refractivity contribution in [2.75, 3.05) is 0 Å². The molecule has 0 atom stereocenters. The molecule has 0 N–H and O–H groups in total. The van der Waals surface area contributed by atoms with Gasteiger partial charge in [-0.2, -0.15) is 0 Å². The summed E-state index contributed by atoms with van der Waals surface area (Å²) in [5, 5.41) is 5.99. The number of benzene rings is 6. The van der Waals surface area contributed by atoms with Crippen LogP contribution in [0.3, 0.4) is 0 Å². The summed E-state index contributed by atoms with van der Waals surface area (Å²) in [6, 6.07) is 49.8. The molecule has 2 heterocycles. The highest BCUT2D eigenvalue weighted by atomic mass is 15.0. The van der Waals surface area contributed by atoms with E-state index in [0.29, 0.717) is 17.5 Å². The molecular formula is C38H24N4. The van der Waals surface area contributed by atoms with Gasteiger partial charge in [-0.25, -0.2) is 19.9 Å². The van der Waals surface area contributed by atoms with Crippen molar-refractivity contribution in [2.45, 2.75) is 0 Å². The molecule has 4 nitrogen and oxygen atoms in total. The highest BCUT2D eigenvalue weighted by molar-refractivity contribution is 6.22. The molecule has 0 amide bonds. The lowest BCUT2D eigenvalue weighted by Crippen LogP contribution is -2.00. The molecule has 0 aliphatic rings. The van der Waals surface area contributed by atoms with E-state index in [1.807, 2.05) is 60.7 Å². The lowest BCUT2D eigenvalue weighted by atomic mass is 9.95. The van der Waals surface area contributed by atoms with Crippen molar-refractivity contribution in [3.8, 4) is 45.4 Å². The van der Waals surface area contributed by atoms with Gasteiger partial charge in [0.15, 0.2) is 17.5 Å². The van der Waals surface area contributed by atoms with Crippen LogP contribution in [0.25, 0.3) is 77.9 Å². The van der Waals surface area contributed by atoms with Crippen LogP contribution in [-0.4, -0.2) is 19.9 Å². The maximum atomic E-state index is 5.15. The SMILES string of the molecule is c1ccc(-c2nc(-c3ccccc3)nc(-c3ccc(-c4nc5ccccc5c5c4ccc4ccccc45)cc3)n2)cc1. The zero-order valence-corrected chi connectivity index (χ0v) is 22.6. The lowest BCUT2D eigenvalue weighted by Gasteiger charge is -2.13. The van der Waals surface area contributed by atoms with Crippen LogP contribution < -0.4 is 0 Å². The molecule has 196 valence electrons. The zero-order valence-electron chi connectivity index (χ0n) is 22.6. The number of pyridine rings is 1. The smallest absolute Gasteiger partial charge is 0.164 e. The molecule has 8 rings (SSSR count). The Morgan fingerprint density at radius 2 is 0.810 bits per heavy atom. The number of hydrogen-bond acceptors (Lipinski definition) is 4. The molecular weight excluding hydrogens is 512 g/mol. The Balaban J connectivity index is 1.28. The average molecular weight is 537 g/mol. The van der Waals surface area contributed by atoms with Gasteiger partial charge in [0.05, 0.1) is 11.2 Å². The summed E-state index contributed by atoms with van der Waals surface area (Å²) >= 11 is 0. The van der Waals surface area contributed by atoms with Crippen molar-refractivity contribution in [1.82, 2.24) is 19.9 Å². The first-order valence-corrected chi connectivity index (χ1v) is 14.0. The Hall–Kier alpha value is -5.74. The molecule has 0 unspecified atom stereocenters. The van der Waals surface area contributed by atoms with Gasteiger partial charge in [-0.3, -0.25) is 0 Å². The predicted octanol–water partition coefficient (Wildman–Crippen LogP) is 9.39. The molecule has 0 bridgehead atoms. The fraction of sp³-hybridized carbons (Fsp3) is 0. The normalized spacial score (nSPS) is 11.3. The Labute approximate surface area is 243 Å². The van der Waals surface area contributed by atoms with Crippen LogP contribution in [0, 0.1) is 0 Å². The van der Waals surface area contributed by atoms with Crippen LogP contribution in [0.15, 0.2) is 146 Å². The molecule has 0 saturated carbocycles. The van der Waals surface area contributed by atoms with E-state index >= 15 is 0 Å². The van der Waals surface area contributed by atoms with E-state index < -0.39 is 0 Å². The molecule has 0 fully saturated rings. The van der Waals surface area contributed by atoms with Crippen molar-refractivity contribution < 1.29 is 0 Å². The second kappa shape index (κ2) is 10.0. The molecule has 4 heteroatoms. The van der Waals surface area contributed by atoms with Gasteiger partial charge < -0.3 is 0 Å². The highest BCUT2D eigenvalue weighted by Gasteiger charge is 2.15. The quantitative estimate of drug-likeness (QED) is 0.210. The summed E-state index contributed by atoms with van der Waals surface area (Å²) in [6.07, 6.45) is 0. The van der Waals surface area contributed by atoms with Gasteiger partial charge in [0.2, 0.25) is 0 Å². The minimum absolute atomic E-state index is 0.636. The maximum Gasteiger partial charge on any atom is 0.164 e. The molecule has 0 radical (unpaired) electrons. The van der Waals surface area contributed by atoms with E-state index in [9.17, 15) is 0 Å². The van der Waals surface area contributed by atoms with E-state index in [1.165, 1.54) is 16.2 Å². The van der Waals surface area contributed by atoms with E-state index in [-0.39, 0.29) is 0 Å². The second-order valence-electron chi connectivity index (χ2n) is 10.3. The first-order chi connectivity index (χ1) is 20.8. The van der Waals surface area contributed by atoms with Gasteiger partial charge in [0, 0.05) is 38.4 Å². The topological polar surface area (TPSA) is 51.6 Å². The molecule has 6 aromatic carbocycles. The van der Waals surface area contributed by atoms with Crippen LogP contribution >= 0.6 is 0 Å². The van der Waals surface area contributed by atoms with E-state index in [2.05, 4.69) is 84.9 Å². The fourth-order valence-electron chi connectivity index (χ4n) is 5.66. The summed E-state index contributed by atoms with van der Waals surface area (Å²) < 4.78 is 0. The average Bonchev–Trinajstić information content (AvgIpc) is 3.08. The predicted molar refractivity (Wildman–Crippen MR) is 172 cm³/mol. The van der Waals surface area contributed by atoms with Crippen LogP contribution in [-0.2, 0) is 0 Å². The standard InChI is InChI=1S/C38H24N4/c1-3-12-27(13-4-1)36-40-37(28-14-5-2-6-15-28)42-38(41-36)29-21-19-26(20-22-29)35-32-24-23-25-11-7-8-16-30(25)34(32)31-17-9-10-18-33(31)39-35/h1-24H. The minimum atomic E-state index is 0.636. The largest absolute Gasteiger partial charge is 0.247 e. The van der Waals surface area contributed by atoms with Crippen molar-refractivity contribution in [2.24, 2.45) is 0 Å². The van der Waals surface area contributed by atoms with Gasteiger partial charge in [0.25, 0.3) is 0 Å². The van der Waals surface area contributed by atoms with Gasteiger partial charge >= 0.3 is 0 Å². The Kier molecular flexibility index (Phi) is 5.75. The number of fused-ring (bicyclic) bond motifs is 5. The number of aromatic nitrogens is 4. The van der Waals surface area contributed by atoms with Gasteiger partial charge in [-0.15, -0.1) is 0 Å². The molecule has 8 aromatic rings. The van der Waals surface area contributed by atoms with E-state index in [1.54, 1.807) is 0 Å². The summed E-state index contributed by atoms with van der Waals surface area (Å²) in [6.45, 7) is 0. The minimum Gasteiger partial charge on any atom is -0.247 e. The summed E-state index contributed by atoms with van der Waals surface area (Å²) in [5.41, 5.74) is 5.82. The van der Waals surface area contributed by atoms with Crippen molar-refractivity contribution in [3.05, 3.63) is 146 Å². The molecule has 0 spiro atoms. The number of nitrogens with zero attached hydrogens (tertiary/aromatic N) is 4. The van der Waals surface area contributed by atoms with Crippen LogP contribution in [0.2, 0.25) is 0 Å². The monoisotopic (exact) mass is 536 g/mol. The van der Waals surface area contributed by atoms with Crippen molar-refractivity contribution >= 4 is 32.4 Å². The molecule has 0 aliphatic heterocycles. The molecule has 2 aromatic heterocycles. The van der Waals surface area contributed by atoms with Gasteiger partial charge in [0.1, 0.15) is 0 Å². The van der Waals surface area contributed by atoms with E-state index in [4.69, 9.17) is 19.9 Å². The molecule has 0 saturated heterocycles. The third-order valence-corrected chi connectivity index (χ3v) is 7.71. The van der Waals surface area contributed by atoms with E-state index in [0.717, 1.165) is 44.2 Å². The maximum absolute atomic E-state index is 5.15. The number of rotatable bonds is 4. The Bertz CT molecular complexity index is 2150. The molecule has 0 aliphatic carbocycles.